The Hall–Kier alpha value is -2.67. The molecule has 2 aromatic carbocycles. The highest BCUT2D eigenvalue weighted by Gasteiger charge is 2.28. The van der Waals surface area contributed by atoms with Gasteiger partial charge in [0.15, 0.2) is 18.2 Å². The summed E-state index contributed by atoms with van der Waals surface area (Å²) in [5.74, 6) is -1.10. The van der Waals surface area contributed by atoms with Crippen molar-refractivity contribution in [3.63, 3.8) is 0 Å². The van der Waals surface area contributed by atoms with E-state index in [1.165, 1.54) is 6.07 Å². The lowest BCUT2D eigenvalue weighted by Crippen LogP contribution is -2.34. The molecule has 1 unspecified atom stereocenters. The molecule has 2 aromatic rings. The molecule has 5 nitrogen and oxygen atoms in total. The van der Waals surface area contributed by atoms with E-state index in [-0.39, 0.29) is 31.0 Å². The Morgan fingerprint density at radius 3 is 2.65 bits per heavy atom. The molecule has 1 aliphatic rings. The van der Waals surface area contributed by atoms with E-state index in [9.17, 15) is 13.6 Å². The third-order valence-electron chi connectivity index (χ3n) is 4.15. The van der Waals surface area contributed by atoms with Crippen molar-refractivity contribution in [2.75, 3.05) is 19.7 Å². The molecule has 0 aromatic heterocycles. The fraction of sp³-hybridized carbons (Fsp3) is 0.316. The van der Waals surface area contributed by atoms with Crippen LogP contribution in [0.25, 0.3) is 0 Å². The smallest absolute Gasteiger partial charge is 0.260 e. The van der Waals surface area contributed by atoms with Crippen LogP contribution in [-0.4, -0.2) is 41.7 Å². The number of ether oxygens (including phenoxy) is 2. The van der Waals surface area contributed by atoms with Crippen molar-refractivity contribution >= 4 is 5.91 Å². The SMILES string of the molecule is O=C(COc1ccc(CO)cc1)N1CCC(Oc2ccc(F)cc2F)C1. The van der Waals surface area contributed by atoms with Crippen molar-refractivity contribution in [1.82, 2.24) is 4.90 Å². The van der Waals surface area contributed by atoms with E-state index in [0.717, 1.165) is 17.7 Å². The van der Waals surface area contributed by atoms with Crippen LogP contribution in [0.2, 0.25) is 0 Å². The second kappa shape index (κ2) is 8.14. The molecule has 1 saturated heterocycles. The lowest BCUT2D eigenvalue weighted by molar-refractivity contribution is -0.132. The van der Waals surface area contributed by atoms with Crippen LogP contribution >= 0.6 is 0 Å². The summed E-state index contributed by atoms with van der Waals surface area (Å²) in [6, 6.07) is 9.95. The molecule has 1 heterocycles. The molecule has 1 atom stereocenters. The van der Waals surface area contributed by atoms with Crippen LogP contribution in [0.15, 0.2) is 42.5 Å². The van der Waals surface area contributed by atoms with Crippen molar-refractivity contribution in [3.05, 3.63) is 59.7 Å². The van der Waals surface area contributed by atoms with Crippen molar-refractivity contribution in [1.29, 1.82) is 0 Å². The molecule has 0 spiro atoms. The second-order valence-corrected chi connectivity index (χ2v) is 6.03. The number of halogens is 2. The number of carbonyl (C=O) groups excluding carboxylic acids is 1. The standard InChI is InChI=1S/C19H19F2NO4/c20-14-3-6-18(17(21)9-14)26-16-7-8-22(10-16)19(24)12-25-15-4-1-13(11-23)2-5-15/h1-6,9,16,23H,7-8,10-12H2. The van der Waals surface area contributed by atoms with Gasteiger partial charge >= 0.3 is 0 Å². The van der Waals surface area contributed by atoms with Gasteiger partial charge in [0.25, 0.3) is 5.91 Å². The molecule has 0 bridgehead atoms. The highest BCUT2D eigenvalue weighted by atomic mass is 19.1. The first kappa shape index (κ1) is 18.1. The minimum absolute atomic E-state index is 0.0223. The normalized spacial score (nSPS) is 16.6. The van der Waals surface area contributed by atoms with Crippen LogP contribution in [0.3, 0.4) is 0 Å². The number of hydrogen-bond donors (Lipinski definition) is 1. The predicted molar refractivity (Wildman–Crippen MR) is 89.8 cm³/mol. The van der Waals surface area contributed by atoms with Gasteiger partial charge in [-0.05, 0) is 29.8 Å². The van der Waals surface area contributed by atoms with Gasteiger partial charge in [-0.3, -0.25) is 4.79 Å². The van der Waals surface area contributed by atoms with Crippen LogP contribution in [0.1, 0.15) is 12.0 Å². The molecule has 3 rings (SSSR count). The lowest BCUT2D eigenvalue weighted by atomic mass is 10.2. The topological polar surface area (TPSA) is 59.0 Å². The van der Waals surface area contributed by atoms with Gasteiger partial charge in [0.05, 0.1) is 13.2 Å². The van der Waals surface area contributed by atoms with E-state index in [4.69, 9.17) is 14.6 Å². The van der Waals surface area contributed by atoms with Crippen LogP contribution in [0.4, 0.5) is 8.78 Å². The number of rotatable bonds is 6. The number of likely N-dealkylation sites (tertiary alicyclic amines) is 1. The van der Waals surface area contributed by atoms with Crippen LogP contribution in [0.5, 0.6) is 11.5 Å². The maximum atomic E-state index is 13.6. The molecule has 26 heavy (non-hydrogen) atoms. The van der Waals surface area contributed by atoms with Crippen molar-refractivity contribution in [3.8, 4) is 11.5 Å². The molecule has 1 N–H and O–H groups in total. The first-order valence-corrected chi connectivity index (χ1v) is 8.27. The average molecular weight is 363 g/mol. The van der Waals surface area contributed by atoms with Gasteiger partial charge in [0.2, 0.25) is 0 Å². The third kappa shape index (κ3) is 4.49. The fourth-order valence-corrected chi connectivity index (χ4v) is 2.73. The summed E-state index contributed by atoms with van der Waals surface area (Å²) in [7, 11) is 0. The Morgan fingerprint density at radius 1 is 1.19 bits per heavy atom. The van der Waals surface area contributed by atoms with Gasteiger partial charge in [0.1, 0.15) is 17.7 Å². The number of nitrogens with zero attached hydrogens (tertiary/aromatic N) is 1. The Kier molecular flexibility index (Phi) is 5.68. The molecular formula is C19H19F2NO4. The third-order valence-corrected chi connectivity index (χ3v) is 4.15. The number of hydrogen-bond acceptors (Lipinski definition) is 4. The maximum absolute atomic E-state index is 13.6. The largest absolute Gasteiger partial charge is 0.485 e. The molecule has 1 amide bonds. The monoisotopic (exact) mass is 363 g/mol. The van der Waals surface area contributed by atoms with Gasteiger partial charge in [-0.1, -0.05) is 12.1 Å². The zero-order valence-corrected chi connectivity index (χ0v) is 14.0. The molecule has 1 fully saturated rings. The van der Waals surface area contributed by atoms with E-state index in [2.05, 4.69) is 0 Å². The summed E-state index contributed by atoms with van der Waals surface area (Å²) in [4.78, 5) is 13.8. The van der Waals surface area contributed by atoms with E-state index in [0.29, 0.717) is 25.3 Å². The average Bonchev–Trinajstić information content (AvgIpc) is 3.11. The van der Waals surface area contributed by atoms with Gasteiger partial charge in [0, 0.05) is 19.0 Å². The zero-order chi connectivity index (χ0) is 18.5. The van der Waals surface area contributed by atoms with Crippen LogP contribution < -0.4 is 9.47 Å². The second-order valence-electron chi connectivity index (χ2n) is 6.03. The summed E-state index contributed by atoms with van der Waals surface area (Å²) in [5, 5.41) is 9.00. The summed E-state index contributed by atoms with van der Waals surface area (Å²) in [6.45, 7) is 0.640. The Balaban J connectivity index is 1.48. The predicted octanol–water partition coefficient (Wildman–Crippen LogP) is 2.52. The molecule has 0 radical (unpaired) electrons. The first-order valence-electron chi connectivity index (χ1n) is 8.27. The lowest BCUT2D eigenvalue weighted by Gasteiger charge is -2.18. The zero-order valence-electron chi connectivity index (χ0n) is 14.0. The summed E-state index contributed by atoms with van der Waals surface area (Å²) < 4.78 is 37.5. The number of carbonyl (C=O) groups is 1. The molecule has 138 valence electrons. The summed E-state index contributed by atoms with van der Waals surface area (Å²) in [6.07, 6.45) is 0.219. The van der Waals surface area contributed by atoms with Crippen molar-refractivity contribution in [2.45, 2.75) is 19.1 Å². The van der Waals surface area contributed by atoms with Crippen LogP contribution in [-0.2, 0) is 11.4 Å². The van der Waals surface area contributed by atoms with Crippen molar-refractivity contribution in [2.24, 2.45) is 0 Å². The first-order chi connectivity index (χ1) is 12.5. The minimum Gasteiger partial charge on any atom is -0.485 e. The highest BCUT2D eigenvalue weighted by Crippen LogP contribution is 2.22. The highest BCUT2D eigenvalue weighted by molar-refractivity contribution is 5.78. The fourth-order valence-electron chi connectivity index (χ4n) is 2.73. The summed E-state index contributed by atoms with van der Waals surface area (Å²) in [5.41, 5.74) is 0.760. The number of benzene rings is 2. The molecular weight excluding hydrogens is 344 g/mol. The maximum Gasteiger partial charge on any atom is 0.260 e. The number of amides is 1. The molecule has 1 aliphatic heterocycles. The minimum atomic E-state index is -0.760. The van der Waals surface area contributed by atoms with Crippen molar-refractivity contribution < 1.29 is 28.2 Å². The molecule has 0 aliphatic carbocycles. The van der Waals surface area contributed by atoms with E-state index in [1.807, 2.05) is 0 Å². The molecule has 7 heteroatoms. The molecule has 0 saturated carbocycles. The van der Waals surface area contributed by atoms with Crippen LogP contribution in [0, 0.1) is 11.6 Å². The number of aliphatic hydroxyl groups is 1. The number of aliphatic hydroxyl groups excluding tert-OH is 1. The Bertz CT molecular complexity index is 767. The summed E-state index contributed by atoms with van der Waals surface area (Å²) >= 11 is 0. The van der Waals surface area contributed by atoms with E-state index < -0.39 is 11.6 Å². The van der Waals surface area contributed by atoms with E-state index >= 15 is 0 Å². The van der Waals surface area contributed by atoms with Gasteiger partial charge in [-0.2, -0.15) is 0 Å². The Labute approximate surface area is 149 Å². The van der Waals surface area contributed by atoms with E-state index in [1.54, 1.807) is 29.2 Å². The van der Waals surface area contributed by atoms with Gasteiger partial charge < -0.3 is 19.5 Å². The van der Waals surface area contributed by atoms with Gasteiger partial charge in [-0.15, -0.1) is 0 Å². The Morgan fingerprint density at radius 2 is 1.96 bits per heavy atom. The van der Waals surface area contributed by atoms with Gasteiger partial charge in [-0.25, -0.2) is 8.78 Å². The quantitative estimate of drug-likeness (QED) is 0.857.